The van der Waals surface area contributed by atoms with E-state index in [1.165, 1.54) is 17.0 Å². The predicted octanol–water partition coefficient (Wildman–Crippen LogP) is 3.11. The summed E-state index contributed by atoms with van der Waals surface area (Å²) in [4.78, 5) is 51.2. The van der Waals surface area contributed by atoms with Crippen LogP contribution in [0.2, 0.25) is 0 Å². The number of aryl methyl sites for hydroxylation is 1. The van der Waals surface area contributed by atoms with Crippen molar-refractivity contribution < 1.29 is 41.8 Å². The van der Waals surface area contributed by atoms with E-state index in [0.29, 0.717) is 43.3 Å². The molecule has 4 aliphatic rings. The molecule has 1 aromatic carbocycles. The number of amides is 3. The smallest absolute Gasteiger partial charge is 0.408 e. The van der Waals surface area contributed by atoms with Crippen LogP contribution in [0.15, 0.2) is 30.4 Å². The number of halogens is 1. The number of ether oxygens (including phenoxy) is 2. The molecule has 1 aromatic heterocycles. The van der Waals surface area contributed by atoms with E-state index in [9.17, 15) is 32.3 Å². The first-order valence-corrected chi connectivity index (χ1v) is 19.2. The quantitative estimate of drug-likeness (QED) is 0.320. The van der Waals surface area contributed by atoms with E-state index in [1.807, 2.05) is 12.2 Å². The van der Waals surface area contributed by atoms with Gasteiger partial charge in [0.25, 0.3) is 5.91 Å². The maximum absolute atomic E-state index is 14.6. The molecule has 2 aliphatic heterocycles. The number of nitrogens with one attached hydrogen (secondary N) is 3. The van der Waals surface area contributed by atoms with E-state index in [-0.39, 0.29) is 30.8 Å². The number of carbonyl (C=O) groups is 3. The van der Waals surface area contributed by atoms with Crippen molar-refractivity contribution in [1.29, 1.82) is 0 Å². The zero-order valence-corrected chi connectivity index (χ0v) is 30.2. The number of aliphatic hydroxyl groups excluding tert-OH is 1. The second-order valence-corrected chi connectivity index (χ2v) is 17.0. The Hall–Kier alpha value is -3.89. The summed E-state index contributed by atoms with van der Waals surface area (Å²) in [6, 6.07) is 2.52. The molecule has 0 bridgehead atoms. The number of para-hydroxylation sites is 1. The highest BCUT2D eigenvalue weighted by atomic mass is 32.2. The molecule has 6 unspecified atom stereocenters. The van der Waals surface area contributed by atoms with E-state index in [4.69, 9.17) is 9.47 Å². The van der Waals surface area contributed by atoms with Crippen molar-refractivity contribution >= 4 is 39.0 Å². The maximum Gasteiger partial charge on any atom is 0.408 e. The Kier molecular flexibility index (Phi) is 10.3. The number of aromatic nitrogens is 2. The van der Waals surface area contributed by atoms with E-state index in [0.717, 1.165) is 12.8 Å². The summed E-state index contributed by atoms with van der Waals surface area (Å²) in [6.45, 7) is 6.85. The van der Waals surface area contributed by atoms with Gasteiger partial charge in [-0.15, -0.1) is 0 Å². The Morgan fingerprint density at radius 3 is 2.63 bits per heavy atom. The number of nitrogens with zero attached hydrogens (tertiary/aromatic N) is 3. The molecule has 3 heterocycles. The summed E-state index contributed by atoms with van der Waals surface area (Å²) in [7, 11) is -3.89. The average Bonchev–Trinajstić information content (AvgIpc) is 3.96. The number of fused-ring (bicyclic) bond motifs is 3. The molecule has 2 aromatic rings. The van der Waals surface area contributed by atoms with E-state index in [2.05, 4.69) is 25.3 Å². The number of hydrogen-bond donors (Lipinski definition) is 4. The van der Waals surface area contributed by atoms with Crippen LogP contribution in [0.4, 0.5) is 9.18 Å². The van der Waals surface area contributed by atoms with Gasteiger partial charge in [0.2, 0.25) is 21.8 Å². The third-order valence-electron chi connectivity index (χ3n) is 9.78. The Morgan fingerprint density at radius 1 is 1.14 bits per heavy atom. The van der Waals surface area contributed by atoms with Crippen molar-refractivity contribution in [2.75, 3.05) is 6.54 Å². The molecule has 6 rings (SSSR count). The normalized spacial score (nSPS) is 29.1. The van der Waals surface area contributed by atoms with Crippen LogP contribution in [-0.4, -0.2) is 93.7 Å². The van der Waals surface area contributed by atoms with Crippen LogP contribution in [0.5, 0.6) is 5.88 Å². The van der Waals surface area contributed by atoms with Gasteiger partial charge in [-0.25, -0.2) is 27.6 Å². The lowest BCUT2D eigenvalue weighted by molar-refractivity contribution is -0.135. The van der Waals surface area contributed by atoms with Gasteiger partial charge in [-0.05, 0) is 78.4 Å². The first-order valence-electron chi connectivity index (χ1n) is 17.6. The minimum absolute atomic E-state index is 0.000762. The molecule has 3 fully saturated rings. The lowest BCUT2D eigenvalue weighted by Gasteiger charge is -2.35. The summed E-state index contributed by atoms with van der Waals surface area (Å²) in [5.74, 6) is -2.36. The second kappa shape index (κ2) is 14.3. The minimum Gasteiger partial charge on any atom is -0.472 e. The van der Waals surface area contributed by atoms with E-state index in [1.54, 1.807) is 33.8 Å². The van der Waals surface area contributed by atoms with Crippen LogP contribution in [0.1, 0.15) is 84.3 Å². The van der Waals surface area contributed by atoms with Gasteiger partial charge in [0, 0.05) is 18.9 Å². The van der Waals surface area contributed by atoms with Crippen molar-refractivity contribution in [3.05, 3.63) is 41.9 Å². The third-order valence-corrected chi connectivity index (χ3v) is 11.6. The summed E-state index contributed by atoms with van der Waals surface area (Å²) >= 11 is 0. The van der Waals surface area contributed by atoms with Crippen LogP contribution < -0.4 is 20.1 Å². The van der Waals surface area contributed by atoms with Crippen LogP contribution in [0.3, 0.4) is 0 Å². The van der Waals surface area contributed by atoms with Gasteiger partial charge < -0.3 is 25.2 Å². The Bertz CT molecular complexity index is 1810. The Labute approximate surface area is 297 Å². The highest BCUT2D eigenvalue weighted by Crippen LogP contribution is 2.46. The standard InChI is InChI=1S/C35H47FN6O8S/c1-20-30(39-28-24(36)12-10-14-25(28)37-20)49-22-17-27-29(43)40-35(32(45)41-51(47,48)23-15-16-23)18-21(35)11-8-6-5-7-9-13-26(31(44)42(27)19-22)38-33(46)50-34(2,3)4/h8,10-12,14,21-23,26-27,31,44H,5-7,9,13,15-19H2,1-4H3,(H,38,46)(H,40,43)(H,41,45). The highest BCUT2D eigenvalue weighted by Gasteiger charge is 2.62. The number of carbonyl (C=O) groups excluding carboxylic acids is 3. The van der Waals surface area contributed by atoms with Gasteiger partial charge in [0.15, 0.2) is 5.82 Å². The van der Waals surface area contributed by atoms with Gasteiger partial charge in [0.05, 0.1) is 22.9 Å². The molecule has 3 amide bonds. The lowest BCUT2D eigenvalue weighted by atomic mass is 10.0. The first-order chi connectivity index (χ1) is 24.1. The van der Waals surface area contributed by atoms with Crippen molar-refractivity contribution in [3.8, 4) is 5.88 Å². The van der Waals surface area contributed by atoms with Gasteiger partial charge in [-0.2, -0.15) is 0 Å². The number of aliphatic hydroxyl groups is 1. The molecule has 16 heteroatoms. The fourth-order valence-electron chi connectivity index (χ4n) is 6.86. The van der Waals surface area contributed by atoms with E-state index >= 15 is 0 Å². The predicted molar refractivity (Wildman–Crippen MR) is 184 cm³/mol. The van der Waals surface area contributed by atoms with Gasteiger partial charge >= 0.3 is 6.09 Å². The van der Waals surface area contributed by atoms with Crippen LogP contribution in [-0.2, 0) is 24.3 Å². The van der Waals surface area contributed by atoms with Gasteiger partial charge in [-0.3, -0.25) is 19.2 Å². The van der Waals surface area contributed by atoms with Crippen LogP contribution >= 0.6 is 0 Å². The van der Waals surface area contributed by atoms with Gasteiger partial charge in [0.1, 0.15) is 34.7 Å². The Morgan fingerprint density at radius 2 is 1.90 bits per heavy atom. The summed E-state index contributed by atoms with van der Waals surface area (Å²) in [6.07, 6.45) is 5.40. The molecule has 2 aliphatic carbocycles. The monoisotopic (exact) mass is 730 g/mol. The summed E-state index contributed by atoms with van der Waals surface area (Å²) in [5.41, 5.74) is -1.53. The average molecular weight is 731 g/mol. The molecule has 4 N–H and O–H groups in total. The molecule has 14 nitrogen and oxygen atoms in total. The number of hydrogen-bond acceptors (Lipinski definition) is 11. The third kappa shape index (κ3) is 8.44. The largest absolute Gasteiger partial charge is 0.472 e. The molecule has 0 spiro atoms. The molecular weight excluding hydrogens is 683 g/mol. The van der Waals surface area contributed by atoms with Crippen molar-refractivity contribution in [1.82, 2.24) is 30.2 Å². The molecule has 1 saturated heterocycles. The fraction of sp³-hybridized carbons (Fsp3) is 0.629. The van der Waals surface area contributed by atoms with E-state index < -0.39 is 80.5 Å². The number of sulfonamides is 1. The number of allylic oxidation sites excluding steroid dienone is 1. The molecule has 0 radical (unpaired) electrons. The Balaban J connectivity index is 1.31. The van der Waals surface area contributed by atoms with Crippen molar-refractivity contribution in [2.24, 2.45) is 5.92 Å². The summed E-state index contributed by atoms with van der Waals surface area (Å²) < 4.78 is 54.1. The topological polar surface area (TPSA) is 189 Å². The minimum atomic E-state index is -3.89. The second-order valence-electron chi connectivity index (χ2n) is 15.1. The summed E-state index contributed by atoms with van der Waals surface area (Å²) in [5, 5.41) is 17.0. The molecule has 278 valence electrons. The zero-order chi connectivity index (χ0) is 36.7. The van der Waals surface area contributed by atoms with Crippen molar-refractivity contribution in [2.45, 2.75) is 126 Å². The van der Waals surface area contributed by atoms with Crippen molar-refractivity contribution in [3.63, 3.8) is 0 Å². The van der Waals surface area contributed by atoms with Crippen LogP contribution in [0, 0.1) is 18.7 Å². The zero-order valence-electron chi connectivity index (χ0n) is 29.4. The molecular formula is C35H47FN6O8S. The van der Waals surface area contributed by atoms with Crippen LogP contribution in [0.25, 0.3) is 11.0 Å². The highest BCUT2D eigenvalue weighted by molar-refractivity contribution is 7.91. The fourth-order valence-corrected chi connectivity index (χ4v) is 8.22. The number of benzene rings is 1. The molecule has 51 heavy (non-hydrogen) atoms. The maximum atomic E-state index is 14.6. The molecule has 6 atom stereocenters. The van der Waals surface area contributed by atoms with Gasteiger partial charge in [-0.1, -0.05) is 31.1 Å². The lowest BCUT2D eigenvalue weighted by Crippen LogP contribution is -2.59. The number of alkyl carbamates (subject to hydrolysis) is 1. The SMILES string of the molecule is Cc1nc2cccc(F)c2nc1OC1CC2C(=O)NC3(C(=O)NS(=O)(=O)C4CC4)CC3C=CCCCCCC(NC(=O)OC(C)(C)C)C(O)N2C1. The first kappa shape index (κ1) is 36.9. The number of rotatable bonds is 6. The molecule has 2 saturated carbocycles.